The first kappa shape index (κ1) is 59.1. The number of fused-ring (bicyclic) bond motifs is 2. The standard InChI is InChI=1S/C54H79N9O13/c1-9-34(4)48(42(73-7)30-46(67)61-22-13-16-41(61)50(74-8)35(5)51(68)55-40(54(71)72)28-36-14-11-10-12-15-36)59(6)53(70)47(33(2)3)56-52(69)49-37-17-18-39(29-37)63(49)45(66)21-24-75-26-27-76-25-23-60-31-38(57-58-60)32-62-43(64)19-20-44(62)65/h10-12,14-15,19-20,31,33-35,37,39-42,47-50H,9,13,16-18,21-30,32H2,1-8H3,(H,55,68)(H,56,69)(H,71,72)/t34-,35+,37-,39-,40-,41-,42+,47-,48-,49-,50+/m0/s1. The molecule has 2 bridgehead atoms. The zero-order valence-electron chi connectivity index (χ0n) is 45.3. The third-order valence-electron chi connectivity index (χ3n) is 15.6. The molecule has 1 saturated carbocycles. The van der Waals surface area contributed by atoms with Crippen molar-refractivity contribution >= 4 is 47.3 Å². The average Bonchev–Trinajstić information content (AvgIpc) is 4.28. The highest BCUT2D eigenvalue weighted by atomic mass is 16.5. The third-order valence-corrected chi connectivity index (χ3v) is 15.6. The summed E-state index contributed by atoms with van der Waals surface area (Å²) in [6, 6.07) is 5.05. The molecule has 0 unspecified atom stereocenters. The molecule has 4 heterocycles. The monoisotopic (exact) mass is 1060 g/mol. The lowest BCUT2D eigenvalue weighted by atomic mass is 9.89. The number of carbonyl (C=O) groups excluding carboxylic acids is 7. The predicted molar refractivity (Wildman–Crippen MR) is 275 cm³/mol. The predicted octanol–water partition coefficient (Wildman–Crippen LogP) is 2.38. The summed E-state index contributed by atoms with van der Waals surface area (Å²) >= 11 is 0. The number of hydrogen-bond donors (Lipinski definition) is 3. The molecule has 418 valence electrons. The Kier molecular flexibility index (Phi) is 21.6. The summed E-state index contributed by atoms with van der Waals surface area (Å²) in [5.41, 5.74) is 1.23. The molecule has 4 aliphatic rings. The van der Waals surface area contributed by atoms with Crippen molar-refractivity contribution in [1.29, 1.82) is 0 Å². The number of methoxy groups -OCH3 is 2. The van der Waals surface area contributed by atoms with Crippen molar-refractivity contribution < 1.29 is 62.4 Å². The van der Waals surface area contributed by atoms with Gasteiger partial charge < -0.3 is 49.4 Å². The summed E-state index contributed by atoms with van der Waals surface area (Å²) in [6.07, 6.45) is 6.85. The summed E-state index contributed by atoms with van der Waals surface area (Å²) in [5.74, 6) is -4.92. The largest absolute Gasteiger partial charge is 0.480 e. The van der Waals surface area contributed by atoms with E-state index in [0.29, 0.717) is 51.1 Å². The van der Waals surface area contributed by atoms with Crippen LogP contribution in [-0.2, 0) is 76.8 Å². The van der Waals surface area contributed by atoms with Crippen molar-refractivity contribution in [3.05, 3.63) is 59.9 Å². The topological polar surface area (TPSA) is 261 Å². The lowest BCUT2D eigenvalue weighted by molar-refractivity contribution is -0.149. The van der Waals surface area contributed by atoms with Gasteiger partial charge in [0.1, 0.15) is 23.8 Å². The van der Waals surface area contributed by atoms with Gasteiger partial charge in [-0.25, -0.2) is 9.48 Å². The van der Waals surface area contributed by atoms with Gasteiger partial charge in [-0.3, -0.25) is 38.5 Å². The van der Waals surface area contributed by atoms with Crippen LogP contribution < -0.4 is 10.6 Å². The van der Waals surface area contributed by atoms with Crippen LogP contribution in [0.4, 0.5) is 0 Å². The van der Waals surface area contributed by atoms with E-state index in [2.05, 4.69) is 20.9 Å². The molecule has 1 aromatic heterocycles. The fourth-order valence-corrected chi connectivity index (χ4v) is 11.4. The van der Waals surface area contributed by atoms with Crippen LogP contribution in [0.25, 0.3) is 0 Å². The molecule has 3 fully saturated rings. The van der Waals surface area contributed by atoms with Crippen molar-refractivity contribution in [3.8, 4) is 0 Å². The Labute approximate surface area is 445 Å². The van der Waals surface area contributed by atoms with Gasteiger partial charge in [0, 0.05) is 52.4 Å². The van der Waals surface area contributed by atoms with Crippen LogP contribution in [0.3, 0.4) is 0 Å². The normalized spacial score (nSPS) is 21.9. The number of aromatic nitrogens is 3. The molecular formula is C54H79N9O13. The van der Waals surface area contributed by atoms with E-state index in [9.17, 15) is 43.5 Å². The molecule has 3 aliphatic heterocycles. The number of hydrogen-bond acceptors (Lipinski definition) is 14. The maximum atomic E-state index is 14.7. The molecule has 22 nitrogen and oxygen atoms in total. The third kappa shape index (κ3) is 14.7. The number of piperidine rings is 1. The highest BCUT2D eigenvalue weighted by Gasteiger charge is 2.52. The molecule has 11 atom stereocenters. The molecule has 2 saturated heterocycles. The zero-order chi connectivity index (χ0) is 55.2. The smallest absolute Gasteiger partial charge is 0.326 e. The molecule has 22 heteroatoms. The van der Waals surface area contributed by atoms with E-state index in [1.165, 1.54) is 26.4 Å². The number of benzene rings is 1. The van der Waals surface area contributed by atoms with Crippen LogP contribution in [0.5, 0.6) is 0 Å². The van der Waals surface area contributed by atoms with E-state index in [-0.39, 0.29) is 93.1 Å². The summed E-state index contributed by atoms with van der Waals surface area (Å²) in [6.45, 7) is 11.1. The van der Waals surface area contributed by atoms with Gasteiger partial charge in [-0.05, 0) is 55.4 Å². The Balaban J connectivity index is 1.00. The first-order chi connectivity index (χ1) is 36.4. The fraction of sp³-hybridized carbons (Fsp3) is 0.667. The molecule has 1 aliphatic carbocycles. The number of ether oxygens (including phenoxy) is 4. The minimum atomic E-state index is -1.16. The van der Waals surface area contributed by atoms with Crippen molar-refractivity contribution in [2.24, 2.45) is 23.7 Å². The molecule has 76 heavy (non-hydrogen) atoms. The Hall–Kier alpha value is -6.10. The number of likely N-dealkylation sites (N-methyl/N-ethyl adjacent to an activating group) is 1. The molecule has 7 amide bonds. The molecule has 1 aromatic carbocycles. The van der Waals surface area contributed by atoms with Crippen LogP contribution in [-0.4, -0.2) is 190 Å². The summed E-state index contributed by atoms with van der Waals surface area (Å²) in [4.78, 5) is 113. The summed E-state index contributed by atoms with van der Waals surface area (Å²) in [5, 5.41) is 23.8. The highest BCUT2D eigenvalue weighted by molar-refractivity contribution is 6.12. The maximum Gasteiger partial charge on any atom is 0.326 e. The Morgan fingerprint density at radius 3 is 2.22 bits per heavy atom. The van der Waals surface area contributed by atoms with E-state index in [0.717, 1.165) is 23.3 Å². The second kappa shape index (κ2) is 27.8. The van der Waals surface area contributed by atoms with Gasteiger partial charge >= 0.3 is 5.97 Å². The van der Waals surface area contributed by atoms with Gasteiger partial charge in [-0.2, -0.15) is 0 Å². The first-order valence-electron chi connectivity index (χ1n) is 26.8. The van der Waals surface area contributed by atoms with E-state index in [4.69, 9.17) is 18.9 Å². The molecule has 0 radical (unpaired) electrons. The van der Waals surface area contributed by atoms with Crippen molar-refractivity contribution in [2.75, 3.05) is 54.2 Å². The number of aliphatic carboxylic acids is 1. The van der Waals surface area contributed by atoms with Crippen LogP contribution in [0.1, 0.15) is 97.2 Å². The number of nitrogens with zero attached hydrogens (tertiary/aromatic N) is 7. The number of nitrogens with one attached hydrogen (secondary N) is 2. The lowest BCUT2D eigenvalue weighted by Crippen LogP contribution is -2.60. The highest BCUT2D eigenvalue weighted by Crippen LogP contribution is 2.43. The Morgan fingerprint density at radius 2 is 1.58 bits per heavy atom. The zero-order valence-corrected chi connectivity index (χ0v) is 45.3. The maximum absolute atomic E-state index is 14.7. The molecule has 2 aromatic rings. The van der Waals surface area contributed by atoms with Gasteiger partial charge in [-0.15, -0.1) is 5.10 Å². The Bertz CT molecular complexity index is 2350. The van der Waals surface area contributed by atoms with Gasteiger partial charge in [0.15, 0.2) is 0 Å². The molecule has 6 rings (SSSR count). The molecule has 0 spiro atoms. The van der Waals surface area contributed by atoms with Gasteiger partial charge in [0.2, 0.25) is 29.5 Å². The van der Waals surface area contributed by atoms with Gasteiger partial charge in [0.05, 0.1) is 88.8 Å². The summed E-state index contributed by atoms with van der Waals surface area (Å²) in [7, 11) is 4.67. The van der Waals surface area contributed by atoms with E-state index >= 15 is 0 Å². The number of carboxylic acids is 1. The van der Waals surface area contributed by atoms with Crippen LogP contribution in [0, 0.1) is 23.7 Å². The second-order valence-corrected chi connectivity index (χ2v) is 20.9. The quantitative estimate of drug-likeness (QED) is 0.0750. The fourth-order valence-electron chi connectivity index (χ4n) is 11.4. The SMILES string of the molecule is CC[C@H](C)[C@@H]([C@@H](CC(=O)N1CCC[C@H]1[C@H](OC)[C@@H](C)C(=O)N[C@@H](Cc1ccccc1)C(=O)O)OC)N(C)C(=O)[C@@H](NC(=O)[C@@H]1[C@H]2CC[C@@H](C2)N1C(=O)CCOCCOCCn1cc(CN2C(=O)C=CC2=O)nn1)C(C)C. The van der Waals surface area contributed by atoms with E-state index < -0.39 is 72.0 Å². The van der Waals surface area contributed by atoms with Gasteiger partial charge in [0.25, 0.3) is 11.8 Å². The number of carboxylic acid groups (broad SMARTS) is 1. The number of carbonyl (C=O) groups is 8. The van der Waals surface area contributed by atoms with Crippen LogP contribution >= 0.6 is 0 Å². The number of rotatable bonds is 30. The molecular weight excluding hydrogens is 983 g/mol. The van der Waals surface area contributed by atoms with Crippen molar-refractivity contribution in [3.63, 3.8) is 0 Å². The van der Waals surface area contributed by atoms with Crippen molar-refractivity contribution in [1.82, 2.24) is 45.2 Å². The number of likely N-dealkylation sites (tertiary alicyclic amines) is 2. The first-order valence-corrected chi connectivity index (χ1v) is 26.8. The van der Waals surface area contributed by atoms with Crippen molar-refractivity contribution in [2.45, 2.75) is 154 Å². The second-order valence-electron chi connectivity index (χ2n) is 20.9. The lowest BCUT2D eigenvalue weighted by Gasteiger charge is -2.41. The van der Waals surface area contributed by atoms with E-state index in [1.807, 2.05) is 33.8 Å². The van der Waals surface area contributed by atoms with E-state index in [1.54, 1.807) is 63.8 Å². The number of imide groups is 1. The Morgan fingerprint density at radius 1 is 0.882 bits per heavy atom. The average molecular weight is 1060 g/mol. The number of amides is 7. The minimum absolute atomic E-state index is 0.0304. The summed E-state index contributed by atoms with van der Waals surface area (Å²) < 4.78 is 25.0. The van der Waals surface area contributed by atoms with Gasteiger partial charge in [-0.1, -0.05) is 76.6 Å². The van der Waals surface area contributed by atoms with Crippen LogP contribution in [0.2, 0.25) is 0 Å². The molecule has 3 N–H and O–H groups in total. The minimum Gasteiger partial charge on any atom is -0.480 e. The van der Waals surface area contributed by atoms with Crippen LogP contribution in [0.15, 0.2) is 48.7 Å².